The van der Waals surface area contributed by atoms with E-state index in [4.69, 9.17) is 5.73 Å². The summed E-state index contributed by atoms with van der Waals surface area (Å²) in [5.41, 5.74) is 5.04. The largest absolute Gasteiger partial charge is 0.416 e. The quantitative estimate of drug-likeness (QED) is 0.895. The van der Waals surface area contributed by atoms with E-state index in [-0.39, 0.29) is 11.6 Å². The molecule has 24 heavy (non-hydrogen) atoms. The molecule has 2 aromatic rings. The number of rotatable bonds is 3. The van der Waals surface area contributed by atoms with Gasteiger partial charge in [0.1, 0.15) is 6.54 Å². The molecule has 0 unspecified atom stereocenters. The van der Waals surface area contributed by atoms with Crippen molar-refractivity contribution in [1.29, 1.82) is 0 Å². The molecule has 3 N–H and O–H groups in total. The van der Waals surface area contributed by atoms with Gasteiger partial charge in [-0.3, -0.25) is 14.2 Å². The Balaban J connectivity index is 2.21. The number of aryl methyl sites for hydroxylation is 1. The second kappa shape index (κ2) is 6.34. The summed E-state index contributed by atoms with van der Waals surface area (Å²) in [7, 11) is 0. The van der Waals surface area contributed by atoms with Crippen LogP contribution in [0.4, 0.5) is 24.8 Å². The molecule has 0 saturated heterocycles. The molecule has 0 aliphatic heterocycles. The van der Waals surface area contributed by atoms with Crippen molar-refractivity contribution >= 4 is 17.5 Å². The zero-order valence-corrected chi connectivity index (χ0v) is 12.9. The number of carbonyl (C=O) groups excluding carboxylic acids is 1. The van der Waals surface area contributed by atoms with Gasteiger partial charge in [-0.15, -0.1) is 0 Å². The number of nitrogens with one attached hydrogen (secondary N) is 1. The van der Waals surface area contributed by atoms with Crippen LogP contribution >= 0.6 is 0 Å². The van der Waals surface area contributed by atoms with E-state index in [2.05, 4.69) is 10.3 Å². The van der Waals surface area contributed by atoms with Crippen LogP contribution in [0.1, 0.15) is 16.8 Å². The van der Waals surface area contributed by atoms with E-state index >= 15 is 0 Å². The lowest BCUT2D eigenvalue weighted by Gasteiger charge is -2.12. The topological polar surface area (TPSA) is 90.0 Å². The van der Waals surface area contributed by atoms with Crippen molar-refractivity contribution in [3.8, 4) is 0 Å². The van der Waals surface area contributed by atoms with Crippen LogP contribution in [0, 0.1) is 13.8 Å². The maximum absolute atomic E-state index is 12.7. The van der Waals surface area contributed by atoms with Gasteiger partial charge in [0.2, 0.25) is 11.9 Å². The third-order valence-electron chi connectivity index (χ3n) is 3.44. The highest BCUT2D eigenvalue weighted by Gasteiger charge is 2.30. The summed E-state index contributed by atoms with van der Waals surface area (Å²) in [6, 6.07) is 4.20. The van der Waals surface area contributed by atoms with Gasteiger partial charge in [0.25, 0.3) is 5.56 Å². The standard InChI is InChI=1S/C15H15F3N4O2/c1-8-9(2)20-14(19)22(13(8)24)7-12(23)21-11-5-3-4-10(6-11)15(16,17)18/h3-6H,7H2,1-2H3,(H2,19,20)(H,21,23). The van der Waals surface area contributed by atoms with E-state index in [1.165, 1.54) is 12.1 Å². The van der Waals surface area contributed by atoms with Gasteiger partial charge in [-0.2, -0.15) is 13.2 Å². The molecule has 0 fully saturated rings. The number of benzene rings is 1. The van der Waals surface area contributed by atoms with Crippen LogP contribution < -0.4 is 16.6 Å². The Morgan fingerprint density at radius 3 is 2.62 bits per heavy atom. The van der Waals surface area contributed by atoms with Crippen LogP contribution in [0.15, 0.2) is 29.1 Å². The molecule has 2 rings (SSSR count). The summed E-state index contributed by atoms with van der Waals surface area (Å²) in [4.78, 5) is 28.1. The Morgan fingerprint density at radius 2 is 2.00 bits per heavy atom. The molecule has 0 spiro atoms. The first kappa shape index (κ1) is 17.5. The van der Waals surface area contributed by atoms with Gasteiger partial charge in [-0.25, -0.2) is 4.98 Å². The molecule has 1 aromatic heterocycles. The molecule has 9 heteroatoms. The van der Waals surface area contributed by atoms with Gasteiger partial charge in [0.05, 0.1) is 5.56 Å². The Bertz CT molecular complexity index is 844. The molecule has 0 saturated carbocycles. The maximum atomic E-state index is 12.7. The molecule has 1 heterocycles. The Hall–Kier alpha value is -2.84. The zero-order valence-electron chi connectivity index (χ0n) is 12.9. The van der Waals surface area contributed by atoms with Crippen LogP contribution in [-0.2, 0) is 17.5 Å². The fourth-order valence-electron chi connectivity index (χ4n) is 2.05. The van der Waals surface area contributed by atoms with Crippen molar-refractivity contribution in [1.82, 2.24) is 9.55 Å². The van der Waals surface area contributed by atoms with Crippen LogP contribution in [0.5, 0.6) is 0 Å². The van der Waals surface area contributed by atoms with Gasteiger partial charge >= 0.3 is 6.18 Å². The Labute approximate surface area is 135 Å². The van der Waals surface area contributed by atoms with Crippen LogP contribution in [0.2, 0.25) is 0 Å². The predicted octanol–water partition coefficient (Wildman–Crippen LogP) is 2.10. The Morgan fingerprint density at radius 1 is 1.33 bits per heavy atom. The minimum atomic E-state index is -4.51. The fourth-order valence-corrected chi connectivity index (χ4v) is 2.05. The third-order valence-corrected chi connectivity index (χ3v) is 3.44. The second-order valence-corrected chi connectivity index (χ2v) is 5.20. The first-order valence-electron chi connectivity index (χ1n) is 6.90. The number of aromatic nitrogens is 2. The second-order valence-electron chi connectivity index (χ2n) is 5.20. The van der Waals surface area contributed by atoms with Gasteiger partial charge in [-0.1, -0.05) is 6.07 Å². The molecule has 0 aliphatic rings. The average Bonchev–Trinajstić information content (AvgIpc) is 2.49. The normalized spacial score (nSPS) is 11.4. The van der Waals surface area contributed by atoms with Gasteiger partial charge in [-0.05, 0) is 32.0 Å². The van der Waals surface area contributed by atoms with Crippen molar-refractivity contribution in [3.63, 3.8) is 0 Å². The van der Waals surface area contributed by atoms with Crippen molar-refractivity contribution in [3.05, 3.63) is 51.4 Å². The number of hydrogen-bond acceptors (Lipinski definition) is 4. The first-order chi connectivity index (χ1) is 11.1. The van der Waals surface area contributed by atoms with E-state index in [9.17, 15) is 22.8 Å². The van der Waals surface area contributed by atoms with E-state index in [1.807, 2.05) is 0 Å². The highest BCUT2D eigenvalue weighted by molar-refractivity contribution is 5.90. The van der Waals surface area contributed by atoms with Crippen molar-refractivity contribution in [2.75, 3.05) is 11.1 Å². The minimum Gasteiger partial charge on any atom is -0.369 e. The zero-order chi connectivity index (χ0) is 18.1. The van der Waals surface area contributed by atoms with Crippen molar-refractivity contribution in [2.24, 2.45) is 0 Å². The molecule has 1 aromatic carbocycles. The lowest BCUT2D eigenvalue weighted by molar-refractivity contribution is -0.137. The summed E-state index contributed by atoms with van der Waals surface area (Å²) >= 11 is 0. The molecule has 0 bridgehead atoms. The van der Waals surface area contributed by atoms with Gasteiger partial charge < -0.3 is 11.1 Å². The van der Waals surface area contributed by atoms with E-state index < -0.39 is 29.8 Å². The molecule has 6 nitrogen and oxygen atoms in total. The van der Waals surface area contributed by atoms with Gasteiger partial charge in [0, 0.05) is 16.9 Å². The molecular weight excluding hydrogens is 325 g/mol. The van der Waals surface area contributed by atoms with Crippen molar-refractivity contribution < 1.29 is 18.0 Å². The van der Waals surface area contributed by atoms with Crippen LogP contribution in [0.25, 0.3) is 0 Å². The highest BCUT2D eigenvalue weighted by Crippen LogP contribution is 2.30. The number of nitrogens with two attached hydrogens (primary N) is 1. The summed E-state index contributed by atoms with van der Waals surface area (Å²) in [6.07, 6.45) is -4.51. The number of amides is 1. The van der Waals surface area contributed by atoms with E-state index in [0.29, 0.717) is 11.3 Å². The van der Waals surface area contributed by atoms with Crippen LogP contribution in [0.3, 0.4) is 0 Å². The number of alkyl halides is 3. The smallest absolute Gasteiger partial charge is 0.369 e. The Kier molecular flexibility index (Phi) is 4.63. The third kappa shape index (κ3) is 3.73. The van der Waals surface area contributed by atoms with E-state index in [1.54, 1.807) is 13.8 Å². The number of halogens is 3. The number of hydrogen-bond donors (Lipinski definition) is 2. The predicted molar refractivity (Wildman–Crippen MR) is 82.5 cm³/mol. The molecule has 0 aliphatic carbocycles. The average molecular weight is 340 g/mol. The number of carbonyl (C=O) groups is 1. The molecule has 0 atom stereocenters. The lowest BCUT2D eigenvalue weighted by atomic mass is 10.2. The number of nitrogen functional groups attached to an aromatic ring is 1. The number of nitrogens with zero attached hydrogens (tertiary/aromatic N) is 2. The number of anilines is 2. The lowest BCUT2D eigenvalue weighted by Crippen LogP contribution is -2.32. The summed E-state index contributed by atoms with van der Waals surface area (Å²) in [6.45, 7) is 2.71. The summed E-state index contributed by atoms with van der Waals surface area (Å²) in [5, 5.41) is 2.31. The van der Waals surface area contributed by atoms with Crippen molar-refractivity contribution in [2.45, 2.75) is 26.6 Å². The van der Waals surface area contributed by atoms with Gasteiger partial charge in [0.15, 0.2) is 0 Å². The highest BCUT2D eigenvalue weighted by atomic mass is 19.4. The maximum Gasteiger partial charge on any atom is 0.416 e. The van der Waals surface area contributed by atoms with E-state index in [0.717, 1.165) is 16.7 Å². The summed E-state index contributed by atoms with van der Waals surface area (Å²) in [5.74, 6) is -0.824. The molecular formula is C15H15F3N4O2. The SMILES string of the molecule is Cc1nc(N)n(CC(=O)Nc2cccc(C(F)(F)F)c2)c(=O)c1C. The molecule has 128 valence electrons. The summed E-state index contributed by atoms with van der Waals surface area (Å²) < 4.78 is 38.9. The van der Waals surface area contributed by atoms with Crippen LogP contribution in [-0.4, -0.2) is 15.5 Å². The first-order valence-corrected chi connectivity index (χ1v) is 6.90. The monoisotopic (exact) mass is 340 g/mol. The molecule has 0 radical (unpaired) electrons. The molecule has 1 amide bonds. The fraction of sp³-hybridized carbons (Fsp3) is 0.267. The minimum absolute atomic E-state index is 0.0294.